The average molecular weight is 487 g/mol. The van der Waals surface area contributed by atoms with Gasteiger partial charge in [0.25, 0.3) is 0 Å². The number of nitrogens with two attached hydrogens (primary N) is 2. The Morgan fingerprint density at radius 3 is 2.54 bits per heavy atom. The molecule has 2 aromatic rings. The molecule has 0 saturated heterocycles. The molecule has 1 aromatic heterocycles. The highest BCUT2D eigenvalue weighted by molar-refractivity contribution is 5.92. The largest absolute Gasteiger partial charge is 0.361 e. The van der Waals surface area contributed by atoms with Crippen molar-refractivity contribution >= 4 is 34.9 Å². The van der Waals surface area contributed by atoms with Crippen molar-refractivity contribution in [2.24, 2.45) is 17.4 Å². The lowest BCUT2D eigenvalue weighted by molar-refractivity contribution is -0.132. The van der Waals surface area contributed by atoms with Crippen molar-refractivity contribution in [3.05, 3.63) is 36.0 Å². The van der Waals surface area contributed by atoms with Crippen molar-refractivity contribution in [2.75, 3.05) is 13.1 Å². The van der Waals surface area contributed by atoms with Gasteiger partial charge in [0, 0.05) is 17.1 Å². The molecule has 0 aliphatic heterocycles. The maximum atomic E-state index is 12.8. The summed E-state index contributed by atoms with van der Waals surface area (Å²) in [6.45, 7) is 3.95. The summed E-state index contributed by atoms with van der Waals surface area (Å²) in [5.74, 6) is -1.57. The van der Waals surface area contributed by atoms with Gasteiger partial charge >= 0.3 is 0 Å². The van der Waals surface area contributed by atoms with Gasteiger partial charge in [-0.15, -0.1) is 0 Å². The van der Waals surface area contributed by atoms with Gasteiger partial charge in [-0.3, -0.25) is 14.4 Å². The topological polar surface area (TPSA) is 172 Å². The number of para-hydroxylation sites is 1. The van der Waals surface area contributed by atoms with Gasteiger partial charge in [-0.25, -0.2) is 0 Å². The molecule has 10 heteroatoms. The summed E-state index contributed by atoms with van der Waals surface area (Å²) in [5, 5.41) is 8.91. The van der Waals surface area contributed by atoms with Crippen molar-refractivity contribution in [2.45, 2.75) is 64.1 Å². The van der Waals surface area contributed by atoms with Crippen LogP contribution < -0.4 is 27.4 Å². The van der Waals surface area contributed by atoms with Crippen LogP contribution in [0.2, 0.25) is 0 Å². The zero-order valence-corrected chi connectivity index (χ0v) is 20.5. The molecule has 10 nitrogen and oxygen atoms in total. The van der Waals surface area contributed by atoms with Crippen LogP contribution in [-0.2, 0) is 25.6 Å². The van der Waals surface area contributed by atoms with Gasteiger partial charge in [0.15, 0.2) is 0 Å². The van der Waals surface area contributed by atoms with Crippen LogP contribution in [-0.4, -0.2) is 60.2 Å². The molecule has 0 aliphatic rings. The highest BCUT2D eigenvalue weighted by atomic mass is 16.2. The molecule has 4 atom stereocenters. The summed E-state index contributed by atoms with van der Waals surface area (Å²) in [7, 11) is 0. The van der Waals surface area contributed by atoms with E-state index in [0.717, 1.165) is 22.9 Å². The van der Waals surface area contributed by atoms with Crippen molar-refractivity contribution in [1.29, 1.82) is 0 Å². The molecular formula is C25H38N6O4. The van der Waals surface area contributed by atoms with E-state index < -0.39 is 35.8 Å². The number of fused-ring (bicyclic) bond motifs is 1. The lowest BCUT2D eigenvalue weighted by Crippen LogP contribution is -2.55. The van der Waals surface area contributed by atoms with E-state index in [4.69, 9.17) is 11.5 Å². The minimum absolute atomic E-state index is 0.171. The first-order valence-electron chi connectivity index (χ1n) is 12.1. The number of nitrogens with one attached hydrogen (secondary N) is 4. The Labute approximate surface area is 206 Å². The normalized spacial score (nSPS) is 14.5. The quantitative estimate of drug-likeness (QED) is 0.158. The zero-order valence-electron chi connectivity index (χ0n) is 20.5. The predicted octanol–water partition coefficient (Wildman–Crippen LogP) is 0.498. The number of rotatable bonds is 15. The Hall–Kier alpha value is -3.24. The molecule has 1 aromatic carbocycles. The highest BCUT2D eigenvalue weighted by Crippen LogP contribution is 2.18. The molecular weight excluding hydrogens is 448 g/mol. The van der Waals surface area contributed by atoms with Crippen LogP contribution in [0.1, 0.15) is 45.1 Å². The molecule has 192 valence electrons. The maximum absolute atomic E-state index is 12.8. The van der Waals surface area contributed by atoms with E-state index in [9.17, 15) is 19.2 Å². The molecule has 0 unspecified atom stereocenters. The fraction of sp³-hybridized carbons (Fsp3) is 0.520. The SMILES string of the molecule is CC[C@H](C)[C@H](NC(=O)CNC(=O)[C@@H](N)Cc1c[nH]c2ccccc12)C(=O)N[C@H](C=O)CCCCN. The second kappa shape index (κ2) is 14.2. The molecule has 0 saturated carbocycles. The van der Waals surface area contributed by atoms with E-state index in [0.29, 0.717) is 38.5 Å². The van der Waals surface area contributed by atoms with Crippen LogP contribution in [0, 0.1) is 5.92 Å². The maximum Gasteiger partial charge on any atom is 0.243 e. The first-order valence-corrected chi connectivity index (χ1v) is 12.1. The standard InChI is InChI=1S/C25H38N6O4/c1-3-16(2)23(25(35)30-18(15-32)8-6-7-11-26)31-22(33)14-29-24(34)20(27)12-17-13-28-21-10-5-4-9-19(17)21/h4-5,9-10,13,15-16,18,20,23,28H,3,6-8,11-12,14,26-27H2,1-2H3,(H,29,34)(H,30,35)(H,31,33)/t16-,18-,20-,23-/m0/s1. The molecule has 0 bridgehead atoms. The molecule has 0 radical (unpaired) electrons. The molecule has 0 aliphatic carbocycles. The number of carbonyl (C=O) groups is 4. The summed E-state index contributed by atoms with van der Waals surface area (Å²) < 4.78 is 0. The number of hydrogen-bond donors (Lipinski definition) is 6. The molecule has 0 fully saturated rings. The third-order valence-corrected chi connectivity index (χ3v) is 6.15. The van der Waals surface area contributed by atoms with Gasteiger partial charge in [0.2, 0.25) is 17.7 Å². The monoisotopic (exact) mass is 486 g/mol. The minimum Gasteiger partial charge on any atom is -0.361 e. The molecule has 35 heavy (non-hydrogen) atoms. The van der Waals surface area contributed by atoms with Crippen LogP contribution >= 0.6 is 0 Å². The lowest BCUT2D eigenvalue weighted by Gasteiger charge is -2.25. The molecule has 1 heterocycles. The van der Waals surface area contributed by atoms with Crippen LogP contribution in [0.15, 0.2) is 30.5 Å². The number of benzene rings is 1. The number of aldehydes is 1. The number of carbonyl (C=O) groups excluding carboxylic acids is 4. The summed E-state index contributed by atoms with van der Waals surface area (Å²) >= 11 is 0. The van der Waals surface area contributed by atoms with Crippen LogP contribution in [0.25, 0.3) is 10.9 Å². The first kappa shape index (κ1) is 28.0. The van der Waals surface area contributed by atoms with Crippen LogP contribution in [0.4, 0.5) is 0 Å². The Morgan fingerprint density at radius 2 is 1.86 bits per heavy atom. The van der Waals surface area contributed by atoms with Crippen molar-refractivity contribution < 1.29 is 19.2 Å². The molecule has 2 rings (SSSR count). The van der Waals surface area contributed by atoms with E-state index in [-0.39, 0.29) is 12.5 Å². The van der Waals surface area contributed by atoms with Gasteiger partial charge in [-0.2, -0.15) is 0 Å². The lowest BCUT2D eigenvalue weighted by atomic mass is 9.97. The van der Waals surface area contributed by atoms with Crippen LogP contribution in [0.3, 0.4) is 0 Å². The third-order valence-electron chi connectivity index (χ3n) is 6.15. The Bertz CT molecular complexity index is 991. The van der Waals surface area contributed by atoms with Crippen LogP contribution in [0.5, 0.6) is 0 Å². The Balaban J connectivity index is 1.88. The van der Waals surface area contributed by atoms with E-state index in [2.05, 4.69) is 20.9 Å². The number of unbranched alkanes of at least 4 members (excludes halogenated alkanes) is 1. The first-order chi connectivity index (χ1) is 16.8. The average Bonchev–Trinajstić information content (AvgIpc) is 3.27. The smallest absolute Gasteiger partial charge is 0.243 e. The summed E-state index contributed by atoms with van der Waals surface area (Å²) in [6, 6.07) is 5.42. The Morgan fingerprint density at radius 1 is 1.11 bits per heavy atom. The molecule has 3 amide bonds. The summed E-state index contributed by atoms with van der Waals surface area (Å²) in [4.78, 5) is 52.3. The van der Waals surface area contributed by atoms with Gasteiger partial charge in [-0.1, -0.05) is 38.5 Å². The predicted molar refractivity (Wildman–Crippen MR) is 135 cm³/mol. The number of aromatic nitrogens is 1. The van der Waals surface area contributed by atoms with Gasteiger partial charge in [-0.05, 0) is 49.8 Å². The minimum atomic E-state index is -0.836. The summed E-state index contributed by atoms with van der Waals surface area (Å²) in [6.07, 6.45) is 5.42. The highest BCUT2D eigenvalue weighted by Gasteiger charge is 2.28. The van der Waals surface area contributed by atoms with Gasteiger partial charge < -0.3 is 37.2 Å². The van der Waals surface area contributed by atoms with Gasteiger partial charge in [0.1, 0.15) is 12.3 Å². The molecule has 8 N–H and O–H groups in total. The van der Waals surface area contributed by atoms with Crippen molar-refractivity contribution in [1.82, 2.24) is 20.9 Å². The fourth-order valence-electron chi connectivity index (χ4n) is 3.81. The third kappa shape index (κ3) is 8.48. The Kier molecular flexibility index (Phi) is 11.4. The number of amides is 3. The fourth-order valence-corrected chi connectivity index (χ4v) is 3.81. The van der Waals surface area contributed by atoms with E-state index in [1.54, 1.807) is 0 Å². The summed E-state index contributed by atoms with van der Waals surface area (Å²) in [5.41, 5.74) is 13.4. The zero-order chi connectivity index (χ0) is 25.8. The second-order valence-corrected chi connectivity index (χ2v) is 8.85. The number of aromatic amines is 1. The van der Waals surface area contributed by atoms with Crippen molar-refractivity contribution in [3.63, 3.8) is 0 Å². The second-order valence-electron chi connectivity index (χ2n) is 8.85. The number of hydrogen-bond acceptors (Lipinski definition) is 6. The van der Waals surface area contributed by atoms with E-state index in [1.807, 2.05) is 44.3 Å². The van der Waals surface area contributed by atoms with Crippen molar-refractivity contribution in [3.8, 4) is 0 Å². The number of H-pyrrole nitrogens is 1. The van der Waals surface area contributed by atoms with E-state index in [1.165, 1.54) is 0 Å². The van der Waals surface area contributed by atoms with E-state index >= 15 is 0 Å². The van der Waals surface area contributed by atoms with Gasteiger partial charge in [0.05, 0.1) is 18.6 Å². The molecule has 0 spiro atoms.